The number of ketones is 1. The Hall–Kier alpha value is -2.77. The molecule has 0 aliphatic heterocycles. The number of aryl methyl sites for hydroxylation is 1. The highest BCUT2D eigenvalue weighted by Gasteiger charge is 2.26. The summed E-state index contributed by atoms with van der Waals surface area (Å²) in [5, 5.41) is 21.8. The quantitative estimate of drug-likeness (QED) is 0.478. The Balaban J connectivity index is 2.95. The van der Waals surface area contributed by atoms with Gasteiger partial charge in [0.15, 0.2) is 5.78 Å². The van der Waals surface area contributed by atoms with Gasteiger partial charge in [0.25, 0.3) is 5.69 Å². The van der Waals surface area contributed by atoms with Gasteiger partial charge in [-0.2, -0.15) is 0 Å². The van der Waals surface area contributed by atoms with Crippen LogP contribution in [0.5, 0.6) is 0 Å². The predicted molar refractivity (Wildman–Crippen MR) is 64.3 cm³/mol. The van der Waals surface area contributed by atoms with Gasteiger partial charge in [-0.05, 0) is 13.8 Å². The Morgan fingerprint density at radius 1 is 1.21 bits per heavy atom. The molecule has 98 valence electrons. The third-order valence-electron chi connectivity index (χ3n) is 2.69. The van der Waals surface area contributed by atoms with Gasteiger partial charge in [0.05, 0.1) is 21.5 Å². The molecular weight excluding hydrogens is 256 g/mol. The zero-order valence-electron chi connectivity index (χ0n) is 10.00. The summed E-state index contributed by atoms with van der Waals surface area (Å²) in [4.78, 5) is 31.7. The van der Waals surface area contributed by atoms with Crippen molar-refractivity contribution in [3.63, 3.8) is 0 Å². The maximum atomic E-state index is 11.5. The first kappa shape index (κ1) is 12.7. The summed E-state index contributed by atoms with van der Waals surface area (Å²) in [5.74, 6) is -0.169. The van der Waals surface area contributed by atoms with Crippen molar-refractivity contribution in [3.8, 4) is 0 Å². The second-order valence-electron chi connectivity index (χ2n) is 3.95. The summed E-state index contributed by atoms with van der Waals surface area (Å²) in [6.07, 6.45) is 0. The lowest BCUT2D eigenvalue weighted by molar-refractivity contribution is -0.393. The van der Waals surface area contributed by atoms with Crippen molar-refractivity contribution in [1.29, 1.82) is 0 Å². The number of hydrogen-bond acceptors (Lipinski definition) is 6. The number of fused-ring (bicyclic) bond motifs is 1. The van der Waals surface area contributed by atoms with E-state index in [0.29, 0.717) is 0 Å². The van der Waals surface area contributed by atoms with E-state index in [2.05, 4.69) is 0 Å². The number of carbonyl (C=O) groups is 1. The van der Waals surface area contributed by atoms with E-state index in [1.54, 1.807) is 0 Å². The number of non-ortho nitro benzene ring substituents is 2. The molecule has 0 saturated heterocycles. The molecule has 0 N–H and O–H groups in total. The third kappa shape index (κ3) is 1.92. The first-order valence-corrected chi connectivity index (χ1v) is 5.19. The molecule has 0 unspecified atom stereocenters. The molecule has 8 nitrogen and oxygen atoms in total. The molecule has 0 radical (unpaired) electrons. The lowest BCUT2D eigenvalue weighted by Crippen LogP contribution is -1.95. The molecule has 0 amide bonds. The molecule has 0 fully saturated rings. The fourth-order valence-corrected chi connectivity index (χ4v) is 1.96. The van der Waals surface area contributed by atoms with Crippen LogP contribution in [0.15, 0.2) is 16.5 Å². The monoisotopic (exact) mass is 264 g/mol. The highest BCUT2D eigenvalue weighted by Crippen LogP contribution is 2.36. The van der Waals surface area contributed by atoms with Gasteiger partial charge in [0, 0.05) is 11.5 Å². The fraction of sp³-hybridized carbons (Fsp3) is 0.182. The van der Waals surface area contributed by atoms with Crippen molar-refractivity contribution in [2.75, 3.05) is 0 Å². The summed E-state index contributed by atoms with van der Waals surface area (Å²) in [5.41, 5.74) is -0.984. The van der Waals surface area contributed by atoms with Crippen LogP contribution in [-0.2, 0) is 0 Å². The molecule has 0 bridgehead atoms. The summed E-state index contributed by atoms with van der Waals surface area (Å²) < 4.78 is 5.20. The molecule has 1 aromatic carbocycles. The third-order valence-corrected chi connectivity index (χ3v) is 2.69. The van der Waals surface area contributed by atoms with Gasteiger partial charge < -0.3 is 4.42 Å². The van der Waals surface area contributed by atoms with Gasteiger partial charge >= 0.3 is 5.69 Å². The zero-order chi connectivity index (χ0) is 14.3. The largest absolute Gasteiger partial charge is 0.453 e. The number of benzene rings is 1. The molecule has 1 heterocycles. The Morgan fingerprint density at radius 2 is 1.84 bits per heavy atom. The van der Waals surface area contributed by atoms with E-state index in [9.17, 15) is 25.0 Å². The van der Waals surface area contributed by atoms with Gasteiger partial charge in [0.2, 0.25) is 5.58 Å². The normalized spacial score (nSPS) is 10.6. The highest BCUT2D eigenvalue weighted by atomic mass is 16.6. The molecule has 0 saturated carbocycles. The van der Waals surface area contributed by atoms with Gasteiger partial charge in [-0.25, -0.2) is 0 Å². The highest BCUT2D eigenvalue weighted by molar-refractivity contribution is 6.09. The number of carbonyl (C=O) groups excluding carboxylic acids is 1. The fourth-order valence-electron chi connectivity index (χ4n) is 1.96. The van der Waals surface area contributed by atoms with E-state index in [0.717, 1.165) is 12.1 Å². The molecule has 2 aromatic rings. The number of hydrogen-bond donors (Lipinski definition) is 0. The van der Waals surface area contributed by atoms with E-state index < -0.39 is 21.2 Å². The van der Waals surface area contributed by atoms with Gasteiger partial charge in [-0.1, -0.05) is 0 Å². The molecule has 1 aromatic heterocycles. The Kier molecular flexibility index (Phi) is 2.78. The topological polar surface area (TPSA) is 116 Å². The number of rotatable bonds is 3. The molecule has 0 aliphatic rings. The van der Waals surface area contributed by atoms with Gasteiger partial charge in [0.1, 0.15) is 5.76 Å². The Bertz CT molecular complexity index is 730. The summed E-state index contributed by atoms with van der Waals surface area (Å²) >= 11 is 0. The van der Waals surface area contributed by atoms with Crippen LogP contribution in [0.4, 0.5) is 11.4 Å². The van der Waals surface area contributed by atoms with Crippen molar-refractivity contribution in [2.24, 2.45) is 0 Å². The predicted octanol–water partition coefficient (Wildman–Crippen LogP) is 2.76. The maximum Gasteiger partial charge on any atom is 0.319 e. The summed E-state index contributed by atoms with van der Waals surface area (Å²) in [6, 6.07) is 1.92. The van der Waals surface area contributed by atoms with Crippen LogP contribution in [-0.4, -0.2) is 15.6 Å². The lowest BCUT2D eigenvalue weighted by atomic mass is 10.1. The molecule has 8 heteroatoms. The number of Topliss-reactive ketones (excluding diaryl/α,β-unsaturated/α-hetero) is 1. The Morgan fingerprint density at radius 3 is 2.32 bits per heavy atom. The SMILES string of the molecule is CC(=O)c1c(C)oc2c([N+](=O)[O-])cc([N+](=O)[O-])cc12. The van der Waals surface area contributed by atoms with Crippen LogP contribution in [0.2, 0.25) is 0 Å². The van der Waals surface area contributed by atoms with Crippen LogP contribution in [0.1, 0.15) is 23.0 Å². The van der Waals surface area contributed by atoms with Crippen LogP contribution >= 0.6 is 0 Å². The lowest BCUT2D eigenvalue weighted by Gasteiger charge is -1.95. The minimum atomic E-state index is -0.776. The van der Waals surface area contributed by atoms with Crippen LogP contribution in [0.25, 0.3) is 11.0 Å². The first-order valence-electron chi connectivity index (χ1n) is 5.19. The van der Waals surface area contributed by atoms with Crippen LogP contribution < -0.4 is 0 Å². The number of nitro benzene ring substituents is 2. The minimum absolute atomic E-state index is 0.0888. The second kappa shape index (κ2) is 4.16. The van der Waals surface area contributed by atoms with E-state index in [-0.39, 0.29) is 28.1 Å². The smallest absolute Gasteiger partial charge is 0.319 e. The summed E-state index contributed by atoms with van der Waals surface area (Å²) in [6.45, 7) is 2.74. The average molecular weight is 264 g/mol. The van der Waals surface area contributed by atoms with Crippen molar-refractivity contribution in [3.05, 3.63) is 43.7 Å². The average Bonchev–Trinajstić information content (AvgIpc) is 2.62. The van der Waals surface area contributed by atoms with E-state index in [1.807, 2.05) is 0 Å². The van der Waals surface area contributed by atoms with Gasteiger partial charge in [-0.15, -0.1) is 0 Å². The first-order chi connectivity index (χ1) is 8.82. The van der Waals surface area contributed by atoms with Crippen molar-refractivity contribution in [1.82, 2.24) is 0 Å². The zero-order valence-corrected chi connectivity index (χ0v) is 10.00. The molecule has 0 spiro atoms. The Labute approximate surface area is 105 Å². The minimum Gasteiger partial charge on any atom is -0.453 e. The van der Waals surface area contributed by atoms with Crippen molar-refractivity contribution >= 4 is 28.1 Å². The summed E-state index contributed by atoms with van der Waals surface area (Å²) in [7, 11) is 0. The van der Waals surface area contributed by atoms with Crippen LogP contribution in [0.3, 0.4) is 0 Å². The second-order valence-corrected chi connectivity index (χ2v) is 3.95. The van der Waals surface area contributed by atoms with E-state index in [4.69, 9.17) is 4.42 Å². The number of nitro groups is 2. The molecule has 0 atom stereocenters. The maximum absolute atomic E-state index is 11.5. The standard InChI is InChI=1S/C11H8N2O6/c1-5(14)10-6(2)19-11-8(10)3-7(12(15)16)4-9(11)13(17)18/h3-4H,1-2H3. The molecule has 2 rings (SSSR count). The van der Waals surface area contributed by atoms with Crippen molar-refractivity contribution in [2.45, 2.75) is 13.8 Å². The van der Waals surface area contributed by atoms with Crippen LogP contribution in [0, 0.1) is 27.2 Å². The number of furan rings is 1. The van der Waals surface area contributed by atoms with Crippen molar-refractivity contribution < 1.29 is 19.1 Å². The number of nitrogens with zero attached hydrogens (tertiary/aromatic N) is 2. The van der Waals surface area contributed by atoms with Gasteiger partial charge in [-0.3, -0.25) is 25.0 Å². The molecule has 0 aliphatic carbocycles. The molecule has 19 heavy (non-hydrogen) atoms. The van der Waals surface area contributed by atoms with E-state index in [1.165, 1.54) is 13.8 Å². The van der Waals surface area contributed by atoms with E-state index >= 15 is 0 Å². The molecular formula is C11H8N2O6.